The fourth-order valence-corrected chi connectivity index (χ4v) is 2.40. The molecule has 1 aromatic carbocycles. The molecule has 1 heterocycles. The van der Waals surface area contributed by atoms with Gasteiger partial charge in [0.2, 0.25) is 0 Å². The smallest absolute Gasteiger partial charge is 0.410 e. The van der Waals surface area contributed by atoms with Gasteiger partial charge < -0.3 is 14.4 Å². The number of amides is 1. The number of ether oxygens (including phenoxy) is 1. The first-order chi connectivity index (χ1) is 11.5. The number of aromatic nitrogens is 2. The zero-order valence-electron chi connectivity index (χ0n) is 13.8. The van der Waals surface area contributed by atoms with E-state index in [4.69, 9.17) is 4.74 Å². The Kier molecular flexibility index (Phi) is 5.95. The van der Waals surface area contributed by atoms with Gasteiger partial charge in [0.05, 0.1) is 18.2 Å². The molecule has 0 saturated carbocycles. The van der Waals surface area contributed by atoms with E-state index in [1.165, 1.54) is 13.2 Å². The van der Waals surface area contributed by atoms with Crippen molar-refractivity contribution in [1.82, 2.24) is 14.5 Å². The van der Waals surface area contributed by atoms with Crippen molar-refractivity contribution in [3.05, 3.63) is 54.1 Å². The van der Waals surface area contributed by atoms with Gasteiger partial charge in [0.25, 0.3) is 0 Å². The van der Waals surface area contributed by atoms with Crippen molar-refractivity contribution in [3.8, 4) is 0 Å². The highest BCUT2D eigenvalue weighted by Gasteiger charge is 2.32. The van der Waals surface area contributed by atoms with E-state index in [-0.39, 0.29) is 6.61 Å². The predicted molar refractivity (Wildman–Crippen MR) is 87.3 cm³/mol. The number of carboxylic acids is 1. The number of carbonyl (C=O) groups is 2. The molecule has 1 atom stereocenters. The molecule has 128 valence electrons. The van der Waals surface area contributed by atoms with Gasteiger partial charge in [-0.15, -0.1) is 0 Å². The third kappa shape index (κ3) is 4.13. The van der Waals surface area contributed by atoms with Gasteiger partial charge in [0, 0.05) is 13.6 Å². The van der Waals surface area contributed by atoms with Crippen LogP contribution in [0.15, 0.2) is 42.9 Å². The molecule has 0 radical (unpaired) electrons. The third-order valence-corrected chi connectivity index (χ3v) is 3.60. The number of carboxylic acid groups (broad SMARTS) is 1. The van der Waals surface area contributed by atoms with Crippen LogP contribution in [0.2, 0.25) is 0 Å². The second kappa shape index (κ2) is 8.14. The Labute approximate surface area is 140 Å². The van der Waals surface area contributed by atoms with Crippen molar-refractivity contribution >= 4 is 12.1 Å². The lowest BCUT2D eigenvalue weighted by molar-refractivity contribution is -0.142. The van der Waals surface area contributed by atoms with Crippen LogP contribution in [0.3, 0.4) is 0 Å². The van der Waals surface area contributed by atoms with Gasteiger partial charge in [-0.25, -0.2) is 14.6 Å². The van der Waals surface area contributed by atoms with Gasteiger partial charge in [0.15, 0.2) is 6.04 Å². The normalized spacial score (nSPS) is 11.8. The van der Waals surface area contributed by atoms with Crippen LogP contribution in [-0.2, 0) is 22.7 Å². The molecule has 1 aromatic heterocycles. The van der Waals surface area contributed by atoms with E-state index >= 15 is 0 Å². The SMILES string of the molecule is CCCn1cncc1C(C(=O)O)N(C)C(=O)OCc1ccccc1. The largest absolute Gasteiger partial charge is 0.479 e. The number of rotatable bonds is 7. The summed E-state index contributed by atoms with van der Waals surface area (Å²) in [6.45, 7) is 2.70. The summed E-state index contributed by atoms with van der Waals surface area (Å²) in [5.74, 6) is -1.13. The number of nitrogens with zero attached hydrogens (tertiary/aromatic N) is 3. The second-order valence-corrected chi connectivity index (χ2v) is 5.40. The molecule has 0 fully saturated rings. The Morgan fingerprint density at radius 3 is 2.67 bits per heavy atom. The summed E-state index contributed by atoms with van der Waals surface area (Å²) in [6, 6.07) is 8.07. The van der Waals surface area contributed by atoms with E-state index in [0.29, 0.717) is 12.2 Å². The van der Waals surface area contributed by atoms with Gasteiger partial charge >= 0.3 is 12.1 Å². The molecule has 0 saturated heterocycles. The van der Waals surface area contributed by atoms with E-state index in [1.54, 1.807) is 10.9 Å². The van der Waals surface area contributed by atoms with Gasteiger partial charge in [-0.1, -0.05) is 37.3 Å². The Morgan fingerprint density at radius 2 is 2.04 bits per heavy atom. The zero-order valence-corrected chi connectivity index (χ0v) is 13.8. The van der Waals surface area contributed by atoms with E-state index < -0.39 is 18.1 Å². The van der Waals surface area contributed by atoms with Crippen molar-refractivity contribution in [3.63, 3.8) is 0 Å². The Balaban J connectivity index is 2.10. The van der Waals surface area contributed by atoms with E-state index in [2.05, 4.69) is 4.98 Å². The average Bonchev–Trinajstić information content (AvgIpc) is 3.01. The topological polar surface area (TPSA) is 84.7 Å². The summed E-state index contributed by atoms with van der Waals surface area (Å²) in [5.41, 5.74) is 1.28. The lowest BCUT2D eigenvalue weighted by Gasteiger charge is -2.25. The highest BCUT2D eigenvalue weighted by atomic mass is 16.6. The highest BCUT2D eigenvalue weighted by molar-refractivity contribution is 5.80. The molecule has 24 heavy (non-hydrogen) atoms. The molecule has 0 bridgehead atoms. The Bertz CT molecular complexity index is 684. The lowest BCUT2D eigenvalue weighted by Crippen LogP contribution is -2.37. The predicted octanol–water partition coefficient (Wildman–Crippen LogP) is 2.69. The highest BCUT2D eigenvalue weighted by Crippen LogP contribution is 2.21. The molecular formula is C17H21N3O4. The van der Waals surface area contributed by atoms with E-state index in [0.717, 1.165) is 16.9 Å². The number of benzene rings is 1. The van der Waals surface area contributed by atoms with Gasteiger partial charge in [-0.05, 0) is 12.0 Å². The summed E-state index contributed by atoms with van der Waals surface area (Å²) in [6.07, 6.45) is 3.17. The summed E-state index contributed by atoms with van der Waals surface area (Å²) in [5, 5.41) is 9.55. The maximum absolute atomic E-state index is 12.2. The van der Waals surface area contributed by atoms with Crippen LogP contribution in [0.4, 0.5) is 4.79 Å². The van der Waals surface area contributed by atoms with Crippen LogP contribution >= 0.6 is 0 Å². The van der Waals surface area contributed by atoms with Crippen molar-refractivity contribution in [2.45, 2.75) is 32.5 Å². The first kappa shape index (κ1) is 17.5. The molecule has 1 unspecified atom stereocenters. The lowest BCUT2D eigenvalue weighted by atomic mass is 10.2. The third-order valence-electron chi connectivity index (χ3n) is 3.60. The summed E-state index contributed by atoms with van der Waals surface area (Å²) in [7, 11) is 1.41. The van der Waals surface area contributed by atoms with Crippen LogP contribution in [-0.4, -0.2) is 38.7 Å². The number of carbonyl (C=O) groups excluding carboxylic acids is 1. The van der Waals surface area contributed by atoms with Crippen LogP contribution in [0.1, 0.15) is 30.6 Å². The molecule has 1 amide bonds. The molecule has 2 aromatic rings. The number of aliphatic carboxylic acids is 1. The molecule has 0 aliphatic carbocycles. The Morgan fingerprint density at radius 1 is 1.33 bits per heavy atom. The Hall–Kier alpha value is -2.83. The fraction of sp³-hybridized carbons (Fsp3) is 0.353. The average molecular weight is 331 g/mol. The van der Waals surface area contributed by atoms with Gasteiger partial charge in [-0.2, -0.15) is 0 Å². The van der Waals surface area contributed by atoms with Crippen molar-refractivity contribution < 1.29 is 19.4 Å². The quantitative estimate of drug-likeness (QED) is 0.843. The number of imidazole rings is 1. The summed E-state index contributed by atoms with van der Waals surface area (Å²) in [4.78, 5) is 29.0. The molecule has 0 aliphatic heterocycles. The standard InChI is InChI=1S/C17H21N3O4/c1-3-9-20-12-18-10-14(20)15(16(21)22)19(2)17(23)24-11-13-7-5-4-6-8-13/h4-8,10,12,15H,3,9,11H2,1-2H3,(H,21,22). The monoisotopic (exact) mass is 331 g/mol. The van der Waals surface area contributed by atoms with Crippen LogP contribution in [0.5, 0.6) is 0 Å². The first-order valence-corrected chi connectivity index (χ1v) is 7.71. The first-order valence-electron chi connectivity index (χ1n) is 7.71. The summed E-state index contributed by atoms with van der Waals surface area (Å²) < 4.78 is 6.95. The van der Waals surface area contributed by atoms with Crippen LogP contribution in [0, 0.1) is 0 Å². The van der Waals surface area contributed by atoms with Crippen molar-refractivity contribution in [1.29, 1.82) is 0 Å². The minimum atomic E-state index is -1.15. The molecule has 2 rings (SSSR count). The maximum atomic E-state index is 12.2. The van der Waals surface area contributed by atoms with E-state index in [9.17, 15) is 14.7 Å². The van der Waals surface area contributed by atoms with E-state index in [1.807, 2.05) is 37.3 Å². The fourth-order valence-electron chi connectivity index (χ4n) is 2.40. The molecule has 7 nitrogen and oxygen atoms in total. The minimum absolute atomic E-state index is 0.0879. The maximum Gasteiger partial charge on any atom is 0.410 e. The number of aryl methyl sites for hydroxylation is 1. The summed E-state index contributed by atoms with van der Waals surface area (Å²) >= 11 is 0. The molecule has 1 N–H and O–H groups in total. The van der Waals surface area contributed by atoms with Crippen molar-refractivity contribution in [2.75, 3.05) is 7.05 Å². The van der Waals surface area contributed by atoms with Crippen molar-refractivity contribution in [2.24, 2.45) is 0 Å². The number of hydrogen-bond donors (Lipinski definition) is 1. The number of hydrogen-bond acceptors (Lipinski definition) is 4. The van der Waals surface area contributed by atoms with Gasteiger partial charge in [0.1, 0.15) is 6.61 Å². The van der Waals surface area contributed by atoms with Crippen LogP contribution in [0.25, 0.3) is 0 Å². The number of likely N-dealkylation sites (N-methyl/N-ethyl adjacent to an activating group) is 1. The zero-order chi connectivity index (χ0) is 17.5. The minimum Gasteiger partial charge on any atom is -0.479 e. The second-order valence-electron chi connectivity index (χ2n) is 5.40. The van der Waals surface area contributed by atoms with Crippen LogP contribution < -0.4 is 0 Å². The molecule has 0 spiro atoms. The molecule has 7 heteroatoms. The molecule has 0 aliphatic rings. The van der Waals surface area contributed by atoms with Gasteiger partial charge in [-0.3, -0.25) is 4.90 Å². The molecular weight excluding hydrogens is 310 g/mol.